The van der Waals surface area contributed by atoms with Crippen LogP contribution in [0.15, 0.2) is 23.6 Å². The average molecular weight is 401 g/mol. The van der Waals surface area contributed by atoms with Crippen molar-refractivity contribution in [2.75, 3.05) is 30.3 Å². The molecule has 0 bridgehead atoms. The number of carbonyl (C=O) groups is 2. The van der Waals surface area contributed by atoms with Gasteiger partial charge < -0.3 is 10.1 Å². The Labute approximate surface area is 168 Å². The summed E-state index contributed by atoms with van der Waals surface area (Å²) in [5, 5.41) is 8.16. The summed E-state index contributed by atoms with van der Waals surface area (Å²) in [5.74, 6) is 1.47. The fourth-order valence-corrected chi connectivity index (χ4v) is 4.67. The quantitative estimate of drug-likeness (QED) is 0.823. The highest BCUT2D eigenvalue weighted by Gasteiger charge is 2.23. The van der Waals surface area contributed by atoms with Crippen molar-refractivity contribution in [1.82, 2.24) is 9.88 Å². The molecule has 8 heteroatoms. The second kappa shape index (κ2) is 7.89. The SMILES string of the molecule is C[C@H]1C[C@H](C)CN(Cc2csc(NC(=O)c3ccc4c(c3)OCC(=O)N4)n2)C1. The summed E-state index contributed by atoms with van der Waals surface area (Å²) < 4.78 is 5.37. The smallest absolute Gasteiger partial charge is 0.262 e. The number of likely N-dealkylation sites (tertiary alicyclic amines) is 1. The second-order valence-corrected chi connectivity index (χ2v) is 8.64. The number of fused-ring (bicyclic) bond motifs is 1. The van der Waals surface area contributed by atoms with E-state index in [4.69, 9.17) is 4.74 Å². The molecule has 28 heavy (non-hydrogen) atoms. The first-order valence-corrected chi connectivity index (χ1v) is 10.4. The van der Waals surface area contributed by atoms with Gasteiger partial charge in [0.2, 0.25) is 0 Å². The zero-order valence-corrected chi connectivity index (χ0v) is 16.8. The summed E-state index contributed by atoms with van der Waals surface area (Å²) in [6.07, 6.45) is 1.28. The average Bonchev–Trinajstić information content (AvgIpc) is 3.07. The lowest BCUT2D eigenvalue weighted by atomic mass is 9.92. The van der Waals surface area contributed by atoms with Crippen molar-refractivity contribution in [1.29, 1.82) is 0 Å². The minimum atomic E-state index is -0.246. The van der Waals surface area contributed by atoms with Crippen molar-refractivity contribution in [2.45, 2.75) is 26.8 Å². The maximum atomic E-state index is 12.6. The van der Waals surface area contributed by atoms with Gasteiger partial charge in [-0.3, -0.25) is 19.8 Å². The topological polar surface area (TPSA) is 83.6 Å². The lowest BCUT2D eigenvalue weighted by Gasteiger charge is -2.34. The van der Waals surface area contributed by atoms with Gasteiger partial charge in [-0.15, -0.1) is 11.3 Å². The Morgan fingerprint density at radius 1 is 1.36 bits per heavy atom. The van der Waals surface area contributed by atoms with Crippen molar-refractivity contribution in [3.05, 3.63) is 34.8 Å². The van der Waals surface area contributed by atoms with Crippen molar-refractivity contribution >= 4 is 34.0 Å². The number of hydrogen-bond acceptors (Lipinski definition) is 6. The first kappa shape index (κ1) is 18.9. The van der Waals surface area contributed by atoms with Crippen LogP contribution in [0.25, 0.3) is 0 Å². The van der Waals surface area contributed by atoms with Crippen molar-refractivity contribution in [3.8, 4) is 5.75 Å². The van der Waals surface area contributed by atoms with E-state index in [1.165, 1.54) is 17.8 Å². The number of nitrogens with one attached hydrogen (secondary N) is 2. The van der Waals surface area contributed by atoms with Gasteiger partial charge in [0, 0.05) is 30.6 Å². The van der Waals surface area contributed by atoms with E-state index in [9.17, 15) is 9.59 Å². The van der Waals surface area contributed by atoms with Crippen LogP contribution in [-0.2, 0) is 11.3 Å². The summed E-state index contributed by atoms with van der Waals surface area (Å²) >= 11 is 1.43. The van der Waals surface area contributed by atoms with Gasteiger partial charge in [0.1, 0.15) is 5.75 Å². The van der Waals surface area contributed by atoms with E-state index in [1.807, 2.05) is 5.38 Å². The summed E-state index contributed by atoms with van der Waals surface area (Å²) in [6.45, 7) is 7.55. The lowest BCUT2D eigenvalue weighted by molar-refractivity contribution is -0.118. The van der Waals surface area contributed by atoms with Gasteiger partial charge in [-0.25, -0.2) is 4.98 Å². The van der Waals surface area contributed by atoms with Crippen molar-refractivity contribution in [2.24, 2.45) is 11.8 Å². The molecule has 7 nitrogen and oxygen atoms in total. The van der Waals surface area contributed by atoms with E-state index >= 15 is 0 Å². The molecule has 1 aromatic carbocycles. The van der Waals surface area contributed by atoms with Crippen LogP contribution in [0.3, 0.4) is 0 Å². The fourth-order valence-electron chi connectivity index (χ4n) is 3.97. The van der Waals surface area contributed by atoms with E-state index in [-0.39, 0.29) is 18.4 Å². The van der Waals surface area contributed by atoms with E-state index in [0.717, 1.165) is 25.3 Å². The molecule has 1 fully saturated rings. The highest BCUT2D eigenvalue weighted by molar-refractivity contribution is 7.14. The van der Waals surface area contributed by atoms with Crippen molar-refractivity contribution in [3.63, 3.8) is 0 Å². The maximum absolute atomic E-state index is 12.6. The molecule has 4 rings (SSSR count). The molecule has 2 aliphatic heterocycles. The number of carbonyl (C=O) groups excluding carboxylic acids is 2. The van der Waals surface area contributed by atoms with Crippen LogP contribution < -0.4 is 15.4 Å². The van der Waals surface area contributed by atoms with E-state index in [1.54, 1.807) is 18.2 Å². The maximum Gasteiger partial charge on any atom is 0.262 e. The number of ether oxygens (including phenoxy) is 1. The van der Waals surface area contributed by atoms with Crippen LogP contribution in [0.1, 0.15) is 36.3 Å². The van der Waals surface area contributed by atoms with Gasteiger partial charge >= 0.3 is 0 Å². The molecular weight excluding hydrogens is 376 g/mol. The van der Waals surface area contributed by atoms with Crippen LogP contribution >= 0.6 is 11.3 Å². The summed E-state index contributed by atoms with van der Waals surface area (Å²) in [5.41, 5.74) is 2.03. The molecular formula is C20H24N4O3S. The summed E-state index contributed by atoms with van der Waals surface area (Å²) in [4.78, 5) is 30.9. The lowest BCUT2D eigenvalue weighted by Crippen LogP contribution is -2.38. The third kappa shape index (κ3) is 4.34. The number of amides is 2. The number of anilines is 2. The summed E-state index contributed by atoms with van der Waals surface area (Å²) in [6, 6.07) is 4.97. The third-order valence-electron chi connectivity index (χ3n) is 4.98. The Hall–Kier alpha value is -2.45. The standard InChI is InChI=1S/C20H24N4O3S/c1-12-5-13(2)8-24(7-12)9-15-11-28-20(21-15)23-19(26)14-3-4-16-17(6-14)27-10-18(25)22-16/h3-4,6,11-13H,5,7-10H2,1-2H3,(H,22,25)(H,21,23,26)/t12-,13-/m0/s1. The molecule has 2 amide bonds. The molecule has 0 unspecified atom stereocenters. The number of benzene rings is 1. The van der Waals surface area contributed by atoms with Gasteiger partial charge in [0.05, 0.1) is 11.4 Å². The van der Waals surface area contributed by atoms with Crippen LogP contribution in [0.5, 0.6) is 5.75 Å². The number of nitrogens with zero attached hydrogens (tertiary/aromatic N) is 2. The molecule has 148 valence electrons. The Balaban J connectivity index is 1.38. The van der Waals surface area contributed by atoms with E-state index < -0.39 is 0 Å². The molecule has 0 aliphatic carbocycles. The van der Waals surface area contributed by atoms with Crippen molar-refractivity contribution < 1.29 is 14.3 Å². The number of thiazole rings is 1. The number of hydrogen-bond donors (Lipinski definition) is 2. The highest BCUT2D eigenvalue weighted by atomic mass is 32.1. The van der Waals surface area contributed by atoms with Gasteiger partial charge in [0.25, 0.3) is 11.8 Å². The zero-order valence-electron chi connectivity index (χ0n) is 16.0. The van der Waals surface area contributed by atoms with E-state index in [0.29, 0.717) is 34.0 Å². The molecule has 1 aromatic heterocycles. The van der Waals surface area contributed by atoms with E-state index in [2.05, 4.69) is 34.4 Å². The molecule has 2 aromatic rings. The Morgan fingerprint density at radius 3 is 2.93 bits per heavy atom. The largest absolute Gasteiger partial charge is 0.482 e. The predicted octanol–water partition coefficient (Wildman–Crippen LogP) is 3.20. The molecule has 0 saturated carbocycles. The zero-order chi connectivity index (χ0) is 19.7. The molecule has 2 aliphatic rings. The molecule has 0 radical (unpaired) electrons. The second-order valence-electron chi connectivity index (χ2n) is 7.79. The molecule has 2 N–H and O–H groups in total. The Morgan fingerprint density at radius 2 is 2.14 bits per heavy atom. The van der Waals surface area contributed by atoms with Gasteiger partial charge in [-0.1, -0.05) is 13.8 Å². The molecule has 1 saturated heterocycles. The molecule has 2 atom stereocenters. The first-order valence-electron chi connectivity index (χ1n) is 9.51. The Kier molecular flexibility index (Phi) is 5.32. The minimum absolute atomic E-state index is 0.0400. The minimum Gasteiger partial charge on any atom is -0.482 e. The summed E-state index contributed by atoms with van der Waals surface area (Å²) in [7, 11) is 0. The fraction of sp³-hybridized carbons (Fsp3) is 0.450. The molecule has 0 spiro atoms. The normalized spacial score (nSPS) is 22.1. The van der Waals surface area contributed by atoms with Gasteiger partial charge in [0.15, 0.2) is 11.7 Å². The number of aromatic nitrogens is 1. The molecule has 3 heterocycles. The van der Waals surface area contributed by atoms with Crippen LogP contribution in [0, 0.1) is 11.8 Å². The first-order chi connectivity index (χ1) is 13.5. The van der Waals surface area contributed by atoms with Gasteiger partial charge in [-0.2, -0.15) is 0 Å². The monoisotopic (exact) mass is 400 g/mol. The number of piperidine rings is 1. The van der Waals surface area contributed by atoms with Crippen LogP contribution in [0.4, 0.5) is 10.8 Å². The Bertz CT molecular complexity index is 887. The van der Waals surface area contributed by atoms with Gasteiger partial charge in [-0.05, 0) is 36.5 Å². The van der Waals surface area contributed by atoms with Crippen LogP contribution in [0.2, 0.25) is 0 Å². The predicted molar refractivity (Wildman–Crippen MR) is 109 cm³/mol. The van der Waals surface area contributed by atoms with Crippen LogP contribution in [-0.4, -0.2) is 41.4 Å². The number of rotatable bonds is 4. The highest BCUT2D eigenvalue weighted by Crippen LogP contribution is 2.29. The third-order valence-corrected chi connectivity index (χ3v) is 5.79.